The largest absolute Gasteiger partial charge is 0.0945 e. The number of aryl methyl sites for hydroxylation is 1. The second-order valence-corrected chi connectivity index (χ2v) is 5.49. The summed E-state index contributed by atoms with van der Waals surface area (Å²) in [6.07, 6.45) is 3.33. The lowest BCUT2D eigenvalue weighted by atomic mass is 10.2. The summed E-state index contributed by atoms with van der Waals surface area (Å²) in [5, 5.41) is 0. The van der Waals surface area contributed by atoms with E-state index in [1.807, 2.05) is 11.8 Å². The van der Waals surface area contributed by atoms with E-state index >= 15 is 0 Å². The molecule has 0 nitrogen and oxygen atoms in total. The summed E-state index contributed by atoms with van der Waals surface area (Å²) in [7, 11) is 0. The third-order valence-electron chi connectivity index (χ3n) is 2.75. The van der Waals surface area contributed by atoms with Gasteiger partial charge in [0, 0.05) is 4.90 Å². The zero-order valence-corrected chi connectivity index (χ0v) is 11.7. The van der Waals surface area contributed by atoms with Crippen LogP contribution in [-0.4, -0.2) is 0 Å². The number of allylic oxidation sites excluding steroid dienone is 1. The second kappa shape index (κ2) is 6.46. The molecule has 2 rings (SSSR count). The van der Waals surface area contributed by atoms with Crippen molar-refractivity contribution in [3.05, 3.63) is 70.6 Å². The maximum Gasteiger partial charge on any atom is 0.0119 e. The van der Waals surface area contributed by atoms with E-state index in [0.29, 0.717) is 0 Å². The SMILES string of the molecule is CC/C(=C\c1ccccc1)Sc1ccc(C)cc1. The van der Waals surface area contributed by atoms with Crippen molar-refractivity contribution in [2.45, 2.75) is 25.2 Å². The Labute approximate surface area is 114 Å². The van der Waals surface area contributed by atoms with Crippen LogP contribution >= 0.6 is 11.8 Å². The Morgan fingerprint density at radius 2 is 1.67 bits per heavy atom. The number of hydrogen-bond donors (Lipinski definition) is 0. The standard InChI is InChI=1S/C17H18S/c1-3-16(13-15-7-5-4-6-8-15)18-17-11-9-14(2)10-12-17/h4-13H,3H2,1-2H3/b16-13+. The Kier molecular flexibility index (Phi) is 4.66. The fraction of sp³-hybridized carbons (Fsp3) is 0.176. The summed E-state index contributed by atoms with van der Waals surface area (Å²) in [5.41, 5.74) is 2.58. The molecule has 0 aliphatic rings. The molecule has 92 valence electrons. The van der Waals surface area contributed by atoms with Crippen LogP contribution in [0.4, 0.5) is 0 Å². The fourth-order valence-electron chi connectivity index (χ4n) is 1.70. The summed E-state index contributed by atoms with van der Waals surface area (Å²) in [6, 6.07) is 19.2. The Hall–Kier alpha value is -1.47. The molecule has 0 heterocycles. The van der Waals surface area contributed by atoms with E-state index in [1.54, 1.807) is 0 Å². The minimum atomic E-state index is 1.06. The molecule has 0 saturated carbocycles. The minimum Gasteiger partial charge on any atom is -0.0945 e. The number of thioether (sulfide) groups is 1. The topological polar surface area (TPSA) is 0 Å². The Morgan fingerprint density at radius 3 is 2.28 bits per heavy atom. The van der Waals surface area contributed by atoms with Crippen molar-refractivity contribution in [3.63, 3.8) is 0 Å². The molecule has 0 N–H and O–H groups in total. The van der Waals surface area contributed by atoms with Crippen LogP contribution in [0.5, 0.6) is 0 Å². The van der Waals surface area contributed by atoms with Gasteiger partial charge in [0.1, 0.15) is 0 Å². The molecule has 0 amide bonds. The molecule has 1 heteroatoms. The van der Waals surface area contributed by atoms with Gasteiger partial charge in [0.15, 0.2) is 0 Å². The summed E-state index contributed by atoms with van der Waals surface area (Å²) in [5.74, 6) is 0. The zero-order valence-electron chi connectivity index (χ0n) is 10.9. The Balaban J connectivity index is 2.15. The van der Waals surface area contributed by atoms with Crippen LogP contribution in [0.2, 0.25) is 0 Å². The van der Waals surface area contributed by atoms with Gasteiger partial charge < -0.3 is 0 Å². The smallest absolute Gasteiger partial charge is 0.0119 e. The molecule has 0 saturated heterocycles. The molecule has 0 aromatic heterocycles. The molecule has 2 aromatic rings. The highest BCUT2D eigenvalue weighted by atomic mass is 32.2. The summed E-state index contributed by atoms with van der Waals surface area (Å²) >= 11 is 1.85. The highest BCUT2D eigenvalue weighted by Crippen LogP contribution is 2.30. The van der Waals surface area contributed by atoms with Gasteiger partial charge in [0.25, 0.3) is 0 Å². The van der Waals surface area contributed by atoms with E-state index in [-0.39, 0.29) is 0 Å². The van der Waals surface area contributed by atoms with Crippen LogP contribution in [0.15, 0.2) is 64.4 Å². The van der Waals surface area contributed by atoms with Gasteiger partial charge in [-0.05, 0) is 42.0 Å². The molecular formula is C17H18S. The lowest BCUT2D eigenvalue weighted by Crippen LogP contribution is -1.78. The highest BCUT2D eigenvalue weighted by Gasteiger charge is 1.99. The van der Waals surface area contributed by atoms with Crippen molar-refractivity contribution >= 4 is 17.8 Å². The van der Waals surface area contributed by atoms with Crippen LogP contribution in [0.25, 0.3) is 6.08 Å². The normalized spacial score (nSPS) is 11.6. The van der Waals surface area contributed by atoms with Crippen molar-refractivity contribution < 1.29 is 0 Å². The Morgan fingerprint density at radius 1 is 1.00 bits per heavy atom. The van der Waals surface area contributed by atoms with Crippen LogP contribution in [0.3, 0.4) is 0 Å². The average Bonchev–Trinajstić information content (AvgIpc) is 2.41. The van der Waals surface area contributed by atoms with Gasteiger partial charge >= 0.3 is 0 Å². The molecule has 0 aliphatic heterocycles. The molecule has 0 atom stereocenters. The molecular weight excluding hydrogens is 236 g/mol. The third kappa shape index (κ3) is 3.78. The zero-order chi connectivity index (χ0) is 12.8. The molecule has 0 fully saturated rings. The lowest BCUT2D eigenvalue weighted by Gasteiger charge is -2.05. The van der Waals surface area contributed by atoms with Gasteiger partial charge in [-0.2, -0.15) is 0 Å². The van der Waals surface area contributed by atoms with E-state index in [2.05, 4.69) is 74.5 Å². The predicted molar refractivity (Wildman–Crippen MR) is 81.7 cm³/mol. The second-order valence-electron chi connectivity index (χ2n) is 4.29. The summed E-state index contributed by atoms with van der Waals surface area (Å²) < 4.78 is 0. The van der Waals surface area contributed by atoms with Crippen molar-refractivity contribution in [1.82, 2.24) is 0 Å². The van der Waals surface area contributed by atoms with E-state index < -0.39 is 0 Å². The van der Waals surface area contributed by atoms with E-state index in [1.165, 1.54) is 20.9 Å². The van der Waals surface area contributed by atoms with Gasteiger partial charge in [0.05, 0.1) is 0 Å². The monoisotopic (exact) mass is 254 g/mol. The van der Waals surface area contributed by atoms with E-state index in [0.717, 1.165) is 6.42 Å². The molecule has 0 bridgehead atoms. The predicted octanol–water partition coefficient (Wildman–Crippen LogP) is 5.54. The van der Waals surface area contributed by atoms with Crippen LogP contribution in [0, 0.1) is 6.92 Å². The van der Waals surface area contributed by atoms with Crippen LogP contribution in [0.1, 0.15) is 24.5 Å². The maximum absolute atomic E-state index is 2.27. The molecule has 0 radical (unpaired) electrons. The average molecular weight is 254 g/mol. The maximum atomic E-state index is 2.27. The van der Waals surface area contributed by atoms with Gasteiger partial charge in [-0.15, -0.1) is 0 Å². The number of rotatable bonds is 4. The lowest BCUT2D eigenvalue weighted by molar-refractivity contribution is 1.21. The molecule has 2 aromatic carbocycles. The first kappa shape index (κ1) is 13.0. The molecule has 0 unspecified atom stereocenters. The van der Waals surface area contributed by atoms with Crippen molar-refractivity contribution in [1.29, 1.82) is 0 Å². The van der Waals surface area contributed by atoms with Crippen molar-refractivity contribution in [3.8, 4) is 0 Å². The van der Waals surface area contributed by atoms with Crippen LogP contribution in [-0.2, 0) is 0 Å². The first-order valence-corrected chi connectivity index (χ1v) is 7.09. The van der Waals surface area contributed by atoms with Gasteiger partial charge in [-0.1, -0.05) is 66.7 Å². The van der Waals surface area contributed by atoms with Gasteiger partial charge in [-0.25, -0.2) is 0 Å². The van der Waals surface area contributed by atoms with E-state index in [9.17, 15) is 0 Å². The molecule has 0 spiro atoms. The fourth-order valence-corrected chi connectivity index (χ4v) is 2.61. The first-order valence-electron chi connectivity index (χ1n) is 6.28. The summed E-state index contributed by atoms with van der Waals surface area (Å²) in [6.45, 7) is 4.32. The minimum absolute atomic E-state index is 1.06. The summed E-state index contributed by atoms with van der Waals surface area (Å²) in [4.78, 5) is 2.70. The highest BCUT2D eigenvalue weighted by molar-refractivity contribution is 8.03. The van der Waals surface area contributed by atoms with Gasteiger partial charge in [0.2, 0.25) is 0 Å². The Bertz CT molecular complexity index is 509. The van der Waals surface area contributed by atoms with Gasteiger partial charge in [-0.3, -0.25) is 0 Å². The number of hydrogen-bond acceptors (Lipinski definition) is 1. The van der Waals surface area contributed by atoms with Crippen molar-refractivity contribution in [2.24, 2.45) is 0 Å². The number of benzene rings is 2. The quantitative estimate of drug-likeness (QED) is 0.646. The third-order valence-corrected chi connectivity index (χ3v) is 3.92. The van der Waals surface area contributed by atoms with Crippen LogP contribution < -0.4 is 0 Å². The molecule has 18 heavy (non-hydrogen) atoms. The first-order chi connectivity index (χ1) is 8.78. The van der Waals surface area contributed by atoms with Crippen molar-refractivity contribution in [2.75, 3.05) is 0 Å². The van der Waals surface area contributed by atoms with E-state index in [4.69, 9.17) is 0 Å². The molecule has 0 aliphatic carbocycles.